The molecule has 0 aromatic heterocycles. The first kappa shape index (κ1) is 12.1. The van der Waals surface area contributed by atoms with Crippen molar-refractivity contribution in [2.24, 2.45) is 0 Å². The van der Waals surface area contributed by atoms with E-state index in [0.29, 0.717) is 12.8 Å². The molecule has 3 heteroatoms. The summed E-state index contributed by atoms with van der Waals surface area (Å²) in [5, 5.41) is 13.0. The van der Waals surface area contributed by atoms with Crippen LogP contribution in [0.3, 0.4) is 0 Å². The van der Waals surface area contributed by atoms with Gasteiger partial charge in [0.05, 0.1) is 6.04 Å². The Bertz CT molecular complexity index is 382. The Hall–Kier alpha value is -1.35. The second-order valence-electron chi connectivity index (χ2n) is 4.84. The highest BCUT2D eigenvalue weighted by atomic mass is 16.3. The number of carbonyl (C=O) groups is 1. The van der Waals surface area contributed by atoms with Crippen LogP contribution in [0.15, 0.2) is 30.3 Å². The molecule has 1 amide bonds. The molecule has 0 saturated heterocycles. The van der Waals surface area contributed by atoms with Crippen molar-refractivity contribution >= 4 is 5.91 Å². The average Bonchev–Trinajstić information content (AvgIpc) is 2.78. The number of rotatable bonds is 3. The summed E-state index contributed by atoms with van der Waals surface area (Å²) in [6, 6.07) is 9.73. The molecule has 0 heterocycles. The molecular weight excluding hydrogens is 214 g/mol. The third-order valence-electron chi connectivity index (χ3n) is 3.50. The fourth-order valence-corrected chi connectivity index (χ4v) is 2.34. The number of aliphatic hydroxyl groups is 1. The van der Waals surface area contributed by atoms with Gasteiger partial charge in [-0.3, -0.25) is 4.79 Å². The largest absolute Gasteiger partial charge is 0.380 e. The highest BCUT2D eigenvalue weighted by Crippen LogP contribution is 2.30. The number of carbonyl (C=O) groups excluding carboxylic acids is 1. The number of nitrogens with one attached hydrogen (secondary N) is 1. The lowest BCUT2D eigenvalue weighted by molar-refractivity contribution is -0.139. The zero-order chi connectivity index (χ0) is 12.3. The Morgan fingerprint density at radius 3 is 2.47 bits per heavy atom. The summed E-state index contributed by atoms with van der Waals surface area (Å²) in [5.74, 6) is -0.230. The molecule has 1 aromatic carbocycles. The van der Waals surface area contributed by atoms with Crippen molar-refractivity contribution < 1.29 is 9.90 Å². The first-order valence-electron chi connectivity index (χ1n) is 6.20. The van der Waals surface area contributed by atoms with E-state index in [9.17, 15) is 9.90 Å². The predicted octanol–water partition coefficient (Wildman–Crippen LogP) is 2.17. The van der Waals surface area contributed by atoms with Gasteiger partial charge in [0.15, 0.2) is 0 Å². The van der Waals surface area contributed by atoms with Crippen molar-refractivity contribution in [2.75, 3.05) is 0 Å². The third-order valence-corrected chi connectivity index (χ3v) is 3.50. The van der Waals surface area contributed by atoms with Gasteiger partial charge < -0.3 is 10.4 Å². The van der Waals surface area contributed by atoms with Gasteiger partial charge in [-0.2, -0.15) is 0 Å². The fourth-order valence-electron chi connectivity index (χ4n) is 2.34. The standard InChI is InChI=1S/C14H19NO2/c1-11(12-7-3-2-4-8-12)15-13(16)14(17)9-5-6-10-14/h2-4,7-8,11,17H,5-6,9-10H2,1H3,(H,15,16). The van der Waals surface area contributed by atoms with Gasteiger partial charge in [-0.25, -0.2) is 0 Å². The van der Waals surface area contributed by atoms with Crippen LogP contribution in [0.4, 0.5) is 0 Å². The lowest BCUT2D eigenvalue weighted by Gasteiger charge is -2.24. The van der Waals surface area contributed by atoms with E-state index in [0.717, 1.165) is 18.4 Å². The molecule has 3 nitrogen and oxygen atoms in total. The summed E-state index contributed by atoms with van der Waals surface area (Å²) in [6.45, 7) is 1.94. The van der Waals surface area contributed by atoms with Crippen molar-refractivity contribution in [3.05, 3.63) is 35.9 Å². The molecule has 2 N–H and O–H groups in total. The highest BCUT2D eigenvalue weighted by molar-refractivity contribution is 5.85. The van der Waals surface area contributed by atoms with E-state index in [1.807, 2.05) is 37.3 Å². The van der Waals surface area contributed by atoms with Gasteiger partial charge in [-0.15, -0.1) is 0 Å². The zero-order valence-electron chi connectivity index (χ0n) is 10.1. The first-order valence-corrected chi connectivity index (χ1v) is 6.20. The molecule has 0 radical (unpaired) electrons. The summed E-state index contributed by atoms with van der Waals surface area (Å²) in [4.78, 5) is 12.0. The summed E-state index contributed by atoms with van der Waals surface area (Å²) < 4.78 is 0. The van der Waals surface area contributed by atoms with E-state index in [-0.39, 0.29) is 11.9 Å². The molecule has 0 aliphatic heterocycles. The maximum atomic E-state index is 12.0. The molecule has 1 aliphatic rings. The minimum atomic E-state index is -1.14. The summed E-state index contributed by atoms with van der Waals surface area (Å²) in [5.41, 5.74) is -0.0781. The predicted molar refractivity (Wildman–Crippen MR) is 66.4 cm³/mol. The Morgan fingerprint density at radius 2 is 1.88 bits per heavy atom. The maximum absolute atomic E-state index is 12.0. The van der Waals surface area contributed by atoms with Crippen LogP contribution in [-0.4, -0.2) is 16.6 Å². The van der Waals surface area contributed by atoms with E-state index < -0.39 is 5.60 Å². The molecule has 1 aliphatic carbocycles. The van der Waals surface area contributed by atoms with Crippen LogP contribution in [0, 0.1) is 0 Å². The van der Waals surface area contributed by atoms with Crippen LogP contribution in [0.1, 0.15) is 44.2 Å². The van der Waals surface area contributed by atoms with E-state index in [1.165, 1.54) is 0 Å². The molecular formula is C14H19NO2. The summed E-state index contributed by atoms with van der Waals surface area (Å²) >= 11 is 0. The Kier molecular flexibility index (Phi) is 3.48. The monoisotopic (exact) mass is 233 g/mol. The number of amides is 1. The van der Waals surface area contributed by atoms with Gasteiger partial charge in [0, 0.05) is 0 Å². The normalized spacial score (nSPS) is 19.9. The van der Waals surface area contributed by atoms with Crippen LogP contribution in [-0.2, 0) is 4.79 Å². The molecule has 17 heavy (non-hydrogen) atoms. The Balaban J connectivity index is 1.99. The van der Waals surface area contributed by atoms with E-state index in [2.05, 4.69) is 5.32 Å². The second-order valence-corrected chi connectivity index (χ2v) is 4.84. The molecule has 0 bridgehead atoms. The van der Waals surface area contributed by atoms with Gasteiger partial charge in [-0.05, 0) is 38.2 Å². The quantitative estimate of drug-likeness (QED) is 0.840. The van der Waals surface area contributed by atoms with Crippen LogP contribution in [0.5, 0.6) is 0 Å². The number of benzene rings is 1. The lowest BCUT2D eigenvalue weighted by Crippen LogP contribution is -2.45. The SMILES string of the molecule is CC(NC(=O)C1(O)CCCC1)c1ccccc1. The van der Waals surface area contributed by atoms with E-state index >= 15 is 0 Å². The van der Waals surface area contributed by atoms with Gasteiger partial charge >= 0.3 is 0 Å². The summed E-state index contributed by atoms with van der Waals surface area (Å²) in [7, 11) is 0. The van der Waals surface area contributed by atoms with E-state index in [1.54, 1.807) is 0 Å². The smallest absolute Gasteiger partial charge is 0.252 e. The molecule has 1 aromatic rings. The molecule has 1 unspecified atom stereocenters. The van der Waals surface area contributed by atoms with Gasteiger partial charge in [0.25, 0.3) is 5.91 Å². The number of hydrogen-bond acceptors (Lipinski definition) is 2. The molecule has 1 fully saturated rings. The zero-order valence-corrected chi connectivity index (χ0v) is 10.1. The Labute approximate surface area is 102 Å². The van der Waals surface area contributed by atoms with Crippen LogP contribution in [0.2, 0.25) is 0 Å². The molecule has 0 spiro atoms. The molecule has 92 valence electrons. The Morgan fingerprint density at radius 1 is 1.29 bits per heavy atom. The fraction of sp³-hybridized carbons (Fsp3) is 0.500. The van der Waals surface area contributed by atoms with Crippen molar-refractivity contribution in [1.29, 1.82) is 0 Å². The third kappa shape index (κ3) is 2.67. The van der Waals surface area contributed by atoms with Crippen molar-refractivity contribution in [1.82, 2.24) is 5.32 Å². The van der Waals surface area contributed by atoms with Crippen molar-refractivity contribution in [3.8, 4) is 0 Å². The summed E-state index contributed by atoms with van der Waals surface area (Å²) in [6.07, 6.45) is 3.04. The van der Waals surface area contributed by atoms with Crippen LogP contribution >= 0.6 is 0 Å². The maximum Gasteiger partial charge on any atom is 0.252 e. The van der Waals surface area contributed by atoms with E-state index in [4.69, 9.17) is 0 Å². The van der Waals surface area contributed by atoms with Crippen molar-refractivity contribution in [2.45, 2.75) is 44.2 Å². The lowest BCUT2D eigenvalue weighted by atomic mass is 10.00. The van der Waals surface area contributed by atoms with Crippen molar-refractivity contribution in [3.63, 3.8) is 0 Å². The van der Waals surface area contributed by atoms with Crippen LogP contribution in [0.25, 0.3) is 0 Å². The number of hydrogen-bond donors (Lipinski definition) is 2. The minimum Gasteiger partial charge on any atom is -0.380 e. The second kappa shape index (κ2) is 4.88. The van der Waals surface area contributed by atoms with Gasteiger partial charge in [0.1, 0.15) is 5.60 Å². The average molecular weight is 233 g/mol. The highest BCUT2D eigenvalue weighted by Gasteiger charge is 2.39. The molecule has 2 rings (SSSR count). The first-order chi connectivity index (χ1) is 8.12. The minimum absolute atomic E-state index is 0.0617. The topological polar surface area (TPSA) is 49.3 Å². The molecule has 1 atom stereocenters. The van der Waals surface area contributed by atoms with Gasteiger partial charge in [0.2, 0.25) is 0 Å². The molecule has 1 saturated carbocycles. The van der Waals surface area contributed by atoms with Crippen LogP contribution < -0.4 is 5.32 Å². The van der Waals surface area contributed by atoms with Gasteiger partial charge in [-0.1, -0.05) is 30.3 Å².